The van der Waals surface area contributed by atoms with Crippen LogP contribution in [0, 0.1) is 0 Å². The minimum Gasteiger partial charge on any atom is -0.598 e. The van der Waals surface area contributed by atoms with Crippen molar-refractivity contribution in [3.05, 3.63) is 33.8 Å². The average Bonchev–Trinajstić information content (AvgIpc) is 3.00. The van der Waals surface area contributed by atoms with E-state index in [4.69, 9.17) is 21.1 Å². The SMILES string of the molecule is CCN1Cc2c(cc(Cl)cc2C(CCC2OCCCO2)N[S@@+]([O-])C(C)(C)C)C1=O. The van der Waals surface area contributed by atoms with E-state index in [1.165, 1.54) is 0 Å². The molecule has 1 fully saturated rings. The normalized spacial score (nSPS) is 20.1. The molecule has 1 aromatic rings. The van der Waals surface area contributed by atoms with Crippen LogP contribution in [0.5, 0.6) is 0 Å². The maximum atomic E-state index is 12.9. The Hall–Kier alpha value is -0.830. The van der Waals surface area contributed by atoms with Gasteiger partial charge in [-0.15, -0.1) is 4.72 Å². The van der Waals surface area contributed by atoms with Crippen molar-refractivity contribution in [1.82, 2.24) is 9.62 Å². The molecule has 0 bridgehead atoms. The van der Waals surface area contributed by atoms with Crippen LogP contribution in [0.1, 0.15) is 74.5 Å². The van der Waals surface area contributed by atoms with Gasteiger partial charge >= 0.3 is 0 Å². The van der Waals surface area contributed by atoms with Crippen molar-refractivity contribution in [1.29, 1.82) is 0 Å². The highest BCUT2D eigenvalue weighted by Crippen LogP contribution is 2.35. The Morgan fingerprint density at radius 3 is 2.66 bits per heavy atom. The fraction of sp³-hybridized carbons (Fsp3) is 0.667. The van der Waals surface area contributed by atoms with Crippen molar-refractivity contribution in [3.8, 4) is 0 Å². The number of halogens is 1. The molecule has 6 nitrogen and oxygen atoms in total. The highest BCUT2D eigenvalue weighted by atomic mass is 35.5. The van der Waals surface area contributed by atoms with Gasteiger partial charge in [0.15, 0.2) is 6.29 Å². The summed E-state index contributed by atoms with van der Waals surface area (Å²) in [6.45, 7) is 10.4. The second-order valence-corrected chi connectivity index (χ2v) is 10.9. The number of carbonyl (C=O) groups is 1. The topological polar surface area (TPSA) is 73.9 Å². The summed E-state index contributed by atoms with van der Waals surface area (Å²) in [6, 6.07) is 3.41. The molecule has 0 spiro atoms. The van der Waals surface area contributed by atoms with E-state index in [9.17, 15) is 9.35 Å². The maximum absolute atomic E-state index is 12.9. The quantitative estimate of drug-likeness (QED) is 0.647. The zero-order chi connectivity index (χ0) is 21.2. The Morgan fingerprint density at radius 2 is 2.03 bits per heavy atom. The number of nitrogens with zero attached hydrogens (tertiary/aromatic N) is 1. The number of ether oxygens (including phenoxy) is 2. The third-order valence-electron chi connectivity index (χ3n) is 5.27. The van der Waals surface area contributed by atoms with Crippen molar-refractivity contribution in [2.75, 3.05) is 19.8 Å². The molecule has 0 saturated carbocycles. The van der Waals surface area contributed by atoms with Crippen LogP contribution in [0.2, 0.25) is 5.02 Å². The van der Waals surface area contributed by atoms with Crippen LogP contribution < -0.4 is 4.72 Å². The summed E-state index contributed by atoms with van der Waals surface area (Å²) in [5.74, 6) is 0.000825. The first-order valence-corrected chi connectivity index (χ1v) is 11.8. The van der Waals surface area contributed by atoms with Gasteiger partial charge in [-0.05, 0) is 63.8 Å². The molecule has 0 aromatic heterocycles. The third kappa shape index (κ3) is 5.46. The lowest BCUT2D eigenvalue weighted by Crippen LogP contribution is -2.42. The van der Waals surface area contributed by atoms with Gasteiger partial charge in [-0.25, -0.2) is 0 Å². The minimum absolute atomic E-state index is 0.000825. The minimum atomic E-state index is -1.27. The summed E-state index contributed by atoms with van der Waals surface area (Å²) in [5.41, 5.74) is 2.55. The fourth-order valence-corrected chi connectivity index (χ4v) is 4.70. The Labute approximate surface area is 181 Å². The standard InChI is InChI=1S/C21H31ClN2O4S/c1-5-24-13-17-15(11-14(22)12-16(17)20(24)25)18(23-29(26)21(2,3)4)7-8-19-27-9-6-10-28-19/h11-12,18-19,23H,5-10,13H2,1-4H3/t18?,29-/m0/s1. The number of rotatable bonds is 7. The first kappa shape index (κ1) is 22.8. The summed E-state index contributed by atoms with van der Waals surface area (Å²) < 4.78 is 27.2. The molecule has 1 saturated heterocycles. The molecule has 2 aliphatic rings. The molecule has 1 unspecified atom stereocenters. The van der Waals surface area contributed by atoms with E-state index in [1.807, 2.05) is 33.8 Å². The Balaban J connectivity index is 1.89. The zero-order valence-electron chi connectivity index (χ0n) is 17.6. The first-order chi connectivity index (χ1) is 13.7. The van der Waals surface area contributed by atoms with E-state index in [-0.39, 0.29) is 18.2 Å². The average molecular weight is 443 g/mol. The van der Waals surface area contributed by atoms with Crippen LogP contribution in [0.25, 0.3) is 0 Å². The number of carbonyl (C=O) groups excluding carboxylic acids is 1. The predicted molar refractivity (Wildman–Crippen MR) is 115 cm³/mol. The highest BCUT2D eigenvalue weighted by Gasteiger charge is 2.35. The van der Waals surface area contributed by atoms with Crippen LogP contribution >= 0.6 is 11.6 Å². The Morgan fingerprint density at radius 1 is 1.34 bits per heavy atom. The van der Waals surface area contributed by atoms with Gasteiger partial charge < -0.3 is 18.9 Å². The van der Waals surface area contributed by atoms with Crippen molar-refractivity contribution < 1.29 is 18.8 Å². The first-order valence-electron chi connectivity index (χ1n) is 10.2. The maximum Gasteiger partial charge on any atom is 0.254 e. The number of amides is 1. The summed E-state index contributed by atoms with van der Waals surface area (Å²) in [4.78, 5) is 14.5. The largest absolute Gasteiger partial charge is 0.598 e. The Bertz CT molecular complexity index is 734. The Kier molecular flexibility index (Phi) is 7.51. The van der Waals surface area contributed by atoms with Gasteiger partial charge in [0.1, 0.15) is 4.75 Å². The molecular weight excluding hydrogens is 412 g/mol. The monoisotopic (exact) mass is 442 g/mol. The number of hydrogen-bond donors (Lipinski definition) is 1. The lowest BCUT2D eigenvalue weighted by molar-refractivity contribution is -0.182. The van der Waals surface area contributed by atoms with Gasteiger partial charge in [0, 0.05) is 41.5 Å². The van der Waals surface area contributed by atoms with Gasteiger partial charge in [0.25, 0.3) is 5.91 Å². The van der Waals surface area contributed by atoms with Crippen molar-refractivity contribution in [2.24, 2.45) is 0 Å². The van der Waals surface area contributed by atoms with Gasteiger partial charge in [-0.1, -0.05) is 11.6 Å². The zero-order valence-corrected chi connectivity index (χ0v) is 19.2. The molecule has 1 aromatic carbocycles. The molecule has 1 amide bonds. The molecule has 162 valence electrons. The molecule has 0 aliphatic carbocycles. The molecule has 8 heteroatoms. The van der Waals surface area contributed by atoms with E-state index in [0.717, 1.165) is 17.5 Å². The smallest absolute Gasteiger partial charge is 0.254 e. The molecule has 1 N–H and O–H groups in total. The van der Waals surface area contributed by atoms with Crippen LogP contribution in [-0.2, 0) is 27.4 Å². The van der Waals surface area contributed by atoms with Gasteiger partial charge in [-0.2, -0.15) is 0 Å². The van der Waals surface area contributed by atoms with E-state index < -0.39 is 16.1 Å². The molecule has 0 radical (unpaired) electrons. The molecule has 2 heterocycles. The van der Waals surface area contributed by atoms with Crippen LogP contribution in [-0.4, -0.2) is 46.2 Å². The second-order valence-electron chi connectivity index (χ2n) is 8.49. The lowest BCUT2D eigenvalue weighted by atomic mass is 9.95. The number of fused-ring (bicyclic) bond motifs is 1. The van der Waals surface area contributed by atoms with E-state index in [0.29, 0.717) is 49.7 Å². The molecule has 29 heavy (non-hydrogen) atoms. The van der Waals surface area contributed by atoms with Gasteiger partial charge in [0.05, 0.1) is 19.3 Å². The van der Waals surface area contributed by atoms with E-state index in [2.05, 4.69) is 4.72 Å². The van der Waals surface area contributed by atoms with Crippen LogP contribution in [0.4, 0.5) is 0 Å². The number of benzene rings is 1. The highest BCUT2D eigenvalue weighted by molar-refractivity contribution is 7.90. The fourth-order valence-electron chi connectivity index (χ4n) is 3.61. The van der Waals surface area contributed by atoms with Gasteiger partial charge in [0.2, 0.25) is 0 Å². The van der Waals surface area contributed by atoms with Crippen molar-refractivity contribution in [2.45, 2.75) is 70.6 Å². The van der Waals surface area contributed by atoms with Crippen LogP contribution in [0.15, 0.2) is 12.1 Å². The predicted octanol–water partition coefficient (Wildman–Crippen LogP) is 3.95. The summed E-state index contributed by atoms with van der Waals surface area (Å²) in [5, 5.41) is 0.517. The second kappa shape index (κ2) is 9.54. The molecule has 2 aliphatic heterocycles. The molecule has 3 rings (SSSR count). The summed E-state index contributed by atoms with van der Waals surface area (Å²) in [6.07, 6.45) is 1.99. The van der Waals surface area contributed by atoms with Crippen LogP contribution in [0.3, 0.4) is 0 Å². The summed E-state index contributed by atoms with van der Waals surface area (Å²) >= 11 is 5.11. The number of hydrogen-bond acceptors (Lipinski definition) is 5. The lowest BCUT2D eigenvalue weighted by Gasteiger charge is -2.30. The van der Waals surface area contributed by atoms with E-state index >= 15 is 0 Å². The molecular formula is C21H31ClN2O4S. The molecule has 2 atom stereocenters. The van der Waals surface area contributed by atoms with Crippen molar-refractivity contribution in [3.63, 3.8) is 0 Å². The van der Waals surface area contributed by atoms with Crippen molar-refractivity contribution >= 4 is 28.9 Å². The number of nitrogens with one attached hydrogen (secondary N) is 1. The van der Waals surface area contributed by atoms with E-state index in [1.54, 1.807) is 11.0 Å². The third-order valence-corrected chi connectivity index (χ3v) is 7.09. The summed E-state index contributed by atoms with van der Waals surface area (Å²) in [7, 11) is 0. The van der Waals surface area contributed by atoms with Gasteiger partial charge in [-0.3, -0.25) is 4.79 Å².